The lowest BCUT2D eigenvalue weighted by atomic mass is 10.1. The molecule has 112 valence electrons. The number of benzene rings is 1. The number of nitrogens with one attached hydrogen (secondary N) is 1. The van der Waals surface area contributed by atoms with E-state index in [0.717, 1.165) is 21.8 Å². The Labute approximate surface area is 126 Å². The summed E-state index contributed by atoms with van der Waals surface area (Å²) in [6.45, 7) is 1.52. The fourth-order valence-electron chi connectivity index (χ4n) is 2.26. The van der Waals surface area contributed by atoms with Crippen LogP contribution in [0.25, 0.3) is 21.8 Å². The molecule has 0 unspecified atom stereocenters. The first-order valence-corrected chi connectivity index (χ1v) is 6.88. The highest BCUT2D eigenvalue weighted by Gasteiger charge is 2.14. The minimum atomic E-state index is -0.653. The summed E-state index contributed by atoms with van der Waals surface area (Å²) >= 11 is 0. The fourth-order valence-corrected chi connectivity index (χ4v) is 2.26. The van der Waals surface area contributed by atoms with Gasteiger partial charge in [-0.1, -0.05) is 18.2 Å². The maximum absolute atomic E-state index is 12.0. The SMILES string of the molecule is CCOC(=O)COC(=O)c1cc2c(cn1)[nH]c1ccccc12. The van der Waals surface area contributed by atoms with Crippen LogP contribution in [0.1, 0.15) is 17.4 Å². The number of rotatable bonds is 4. The lowest BCUT2D eigenvalue weighted by molar-refractivity contribution is -0.146. The number of para-hydroxylation sites is 1. The topological polar surface area (TPSA) is 81.3 Å². The zero-order valence-electron chi connectivity index (χ0n) is 12.0. The molecule has 0 amide bonds. The minimum Gasteiger partial charge on any atom is -0.463 e. The number of pyridine rings is 1. The highest BCUT2D eigenvalue weighted by molar-refractivity contribution is 6.08. The molecular weight excluding hydrogens is 284 g/mol. The molecule has 0 radical (unpaired) electrons. The van der Waals surface area contributed by atoms with E-state index in [1.807, 2.05) is 24.3 Å². The van der Waals surface area contributed by atoms with Crippen LogP contribution in [0.5, 0.6) is 0 Å². The summed E-state index contributed by atoms with van der Waals surface area (Å²) in [5, 5.41) is 1.88. The number of H-pyrrole nitrogens is 1. The molecule has 0 saturated carbocycles. The van der Waals surface area contributed by atoms with Crippen LogP contribution in [-0.4, -0.2) is 35.1 Å². The third-order valence-electron chi connectivity index (χ3n) is 3.23. The molecule has 0 atom stereocenters. The zero-order chi connectivity index (χ0) is 15.5. The number of esters is 2. The lowest BCUT2D eigenvalue weighted by Crippen LogP contribution is -2.17. The predicted octanol–water partition coefficient (Wildman–Crippen LogP) is 2.44. The number of aromatic nitrogens is 2. The number of hydrogen-bond acceptors (Lipinski definition) is 5. The van der Waals surface area contributed by atoms with E-state index in [-0.39, 0.29) is 12.3 Å². The van der Waals surface area contributed by atoms with Crippen LogP contribution in [0.2, 0.25) is 0 Å². The Morgan fingerprint density at radius 3 is 2.77 bits per heavy atom. The van der Waals surface area contributed by atoms with Gasteiger partial charge in [0.25, 0.3) is 0 Å². The summed E-state index contributed by atoms with van der Waals surface area (Å²) in [6, 6.07) is 9.42. The van der Waals surface area contributed by atoms with E-state index in [2.05, 4.69) is 9.97 Å². The highest BCUT2D eigenvalue weighted by atomic mass is 16.6. The van der Waals surface area contributed by atoms with E-state index in [1.165, 1.54) is 0 Å². The number of aromatic amines is 1. The molecule has 0 aliphatic heterocycles. The van der Waals surface area contributed by atoms with Gasteiger partial charge in [-0.05, 0) is 19.1 Å². The van der Waals surface area contributed by atoms with E-state index in [4.69, 9.17) is 9.47 Å². The summed E-state index contributed by atoms with van der Waals surface area (Å²) in [5.41, 5.74) is 1.96. The Hall–Kier alpha value is -2.89. The van der Waals surface area contributed by atoms with Gasteiger partial charge in [0, 0.05) is 16.3 Å². The molecular formula is C16H14N2O4. The largest absolute Gasteiger partial charge is 0.463 e. The first-order chi connectivity index (χ1) is 10.7. The van der Waals surface area contributed by atoms with Gasteiger partial charge >= 0.3 is 11.9 Å². The van der Waals surface area contributed by atoms with Crippen molar-refractivity contribution in [1.82, 2.24) is 9.97 Å². The van der Waals surface area contributed by atoms with E-state index in [9.17, 15) is 9.59 Å². The Morgan fingerprint density at radius 1 is 1.14 bits per heavy atom. The number of carbonyl (C=O) groups excluding carboxylic acids is 2. The van der Waals surface area contributed by atoms with Gasteiger partial charge in [0.15, 0.2) is 6.61 Å². The Morgan fingerprint density at radius 2 is 1.95 bits per heavy atom. The molecule has 0 aliphatic rings. The maximum Gasteiger partial charge on any atom is 0.357 e. The van der Waals surface area contributed by atoms with Gasteiger partial charge in [-0.2, -0.15) is 0 Å². The molecule has 0 saturated heterocycles. The second-order valence-electron chi connectivity index (χ2n) is 4.67. The molecule has 6 nitrogen and oxygen atoms in total. The monoisotopic (exact) mass is 298 g/mol. The van der Waals surface area contributed by atoms with Crippen molar-refractivity contribution in [2.24, 2.45) is 0 Å². The Kier molecular flexibility index (Phi) is 3.74. The molecule has 6 heteroatoms. The molecule has 0 spiro atoms. The van der Waals surface area contributed by atoms with Crippen molar-refractivity contribution in [2.75, 3.05) is 13.2 Å². The van der Waals surface area contributed by atoms with Gasteiger partial charge in [-0.3, -0.25) is 0 Å². The van der Waals surface area contributed by atoms with Crippen molar-refractivity contribution < 1.29 is 19.1 Å². The van der Waals surface area contributed by atoms with Crippen molar-refractivity contribution in [2.45, 2.75) is 6.92 Å². The first kappa shape index (κ1) is 14.1. The summed E-state index contributed by atoms with van der Waals surface area (Å²) in [7, 11) is 0. The van der Waals surface area contributed by atoms with Crippen LogP contribution in [0, 0.1) is 0 Å². The van der Waals surface area contributed by atoms with E-state index >= 15 is 0 Å². The second kappa shape index (κ2) is 5.85. The van der Waals surface area contributed by atoms with Crippen LogP contribution in [0.15, 0.2) is 36.5 Å². The number of nitrogens with zero attached hydrogens (tertiary/aromatic N) is 1. The highest BCUT2D eigenvalue weighted by Crippen LogP contribution is 2.25. The second-order valence-corrected chi connectivity index (χ2v) is 4.67. The molecule has 1 aromatic carbocycles. The van der Waals surface area contributed by atoms with Gasteiger partial charge in [0.1, 0.15) is 5.69 Å². The summed E-state index contributed by atoms with van der Waals surface area (Å²) in [4.78, 5) is 30.4. The summed E-state index contributed by atoms with van der Waals surface area (Å²) in [6.07, 6.45) is 1.58. The molecule has 0 bridgehead atoms. The minimum absolute atomic E-state index is 0.154. The third kappa shape index (κ3) is 2.63. The van der Waals surface area contributed by atoms with E-state index in [1.54, 1.807) is 19.2 Å². The van der Waals surface area contributed by atoms with Gasteiger partial charge in [-0.15, -0.1) is 0 Å². The smallest absolute Gasteiger partial charge is 0.357 e. The predicted molar refractivity (Wildman–Crippen MR) is 80.5 cm³/mol. The Balaban J connectivity index is 1.86. The van der Waals surface area contributed by atoms with Crippen molar-refractivity contribution >= 4 is 33.7 Å². The summed E-state index contributed by atoms with van der Waals surface area (Å²) in [5.74, 6) is -1.23. The maximum atomic E-state index is 12.0. The molecule has 3 rings (SSSR count). The van der Waals surface area contributed by atoms with Crippen molar-refractivity contribution in [3.05, 3.63) is 42.2 Å². The van der Waals surface area contributed by atoms with Gasteiger partial charge in [0.05, 0.1) is 18.3 Å². The number of fused-ring (bicyclic) bond motifs is 3. The van der Waals surface area contributed by atoms with Crippen LogP contribution in [-0.2, 0) is 14.3 Å². The van der Waals surface area contributed by atoms with Crippen LogP contribution in [0.4, 0.5) is 0 Å². The molecule has 0 fully saturated rings. The van der Waals surface area contributed by atoms with Gasteiger partial charge < -0.3 is 14.5 Å². The van der Waals surface area contributed by atoms with E-state index in [0.29, 0.717) is 0 Å². The normalized spacial score (nSPS) is 10.8. The standard InChI is InChI=1S/C16H14N2O4/c1-2-21-15(19)9-22-16(20)13-7-11-10-5-3-4-6-12(10)18-14(11)8-17-13/h3-8,18H,2,9H2,1H3. The van der Waals surface area contributed by atoms with Gasteiger partial charge in [0.2, 0.25) is 0 Å². The number of ether oxygens (including phenoxy) is 2. The van der Waals surface area contributed by atoms with Gasteiger partial charge in [-0.25, -0.2) is 14.6 Å². The summed E-state index contributed by atoms with van der Waals surface area (Å²) < 4.78 is 9.60. The van der Waals surface area contributed by atoms with Crippen molar-refractivity contribution in [1.29, 1.82) is 0 Å². The first-order valence-electron chi connectivity index (χ1n) is 6.88. The van der Waals surface area contributed by atoms with Crippen LogP contribution in [0.3, 0.4) is 0 Å². The molecule has 1 N–H and O–H groups in total. The molecule has 3 aromatic rings. The third-order valence-corrected chi connectivity index (χ3v) is 3.23. The quantitative estimate of drug-likeness (QED) is 0.748. The molecule has 2 heterocycles. The van der Waals surface area contributed by atoms with Crippen LogP contribution < -0.4 is 0 Å². The average Bonchev–Trinajstić information content (AvgIpc) is 2.90. The Bertz CT molecular complexity index is 854. The van der Waals surface area contributed by atoms with Crippen molar-refractivity contribution in [3.63, 3.8) is 0 Å². The fraction of sp³-hybridized carbons (Fsp3) is 0.188. The van der Waals surface area contributed by atoms with Crippen molar-refractivity contribution in [3.8, 4) is 0 Å². The van der Waals surface area contributed by atoms with Crippen LogP contribution >= 0.6 is 0 Å². The van der Waals surface area contributed by atoms with E-state index < -0.39 is 18.5 Å². The number of hydrogen-bond donors (Lipinski definition) is 1. The average molecular weight is 298 g/mol. The molecule has 22 heavy (non-hydrogen) atoms. The molecule has 0 aliphatic carbocycles. The lowest BCUT2D eigenvalue weighted by Gasteiger charge is -2.04. The zero-order valence-corrected chi connectivity index (χ0v) is 12.0. The molecule has 2 aromatic heterocycles. The number of carbonyl (C=O) groups is 2.